The maximum atomic E-state index is 5.32. The summed E-state index contributed by atoms with van der Waals surface area (Å²) in [5.41, 5.74) is 5.01. The molecule has 1 saturated heterocycles. The van der Waals surface area contributed by atoms with Gasteiger partial charge in [-0.25, -0.2) is 0 Å². The predicted octanol–water partition coefficient (Wildman–Crippen LogP) is 1.50. The minimum Gasteiger partial charge on any atom is -0.378 e. The minimum atomic E-state index is 0.807. The van der Waals surface area contributed by atoms with Crippen LogP contribution in [0.2, 0.25) is 0 Å². The number of anilines is 2. The van der Waals surface area contributed by atoms with Gasteiger partial charge in [0.25, 0.3) is 0 Å². The van der Waals surface area contributed by atoms with Gasteiger partial charge in [0, 0.05) is 18.8 Å². The Balaban J connectivity index is 2.09. The molecule has 0 unspecified atom stereocenters. The third-order valence-corrected chi connectivity index (χ3v) is 2.44. The molecule has 0 saturated carbocycles. The van der Waals surface area contributed by atoms with Gasteiger partial charge in [0.05, 0.1) is 26.0 Å². The molecule has 1 aromatic carbocycles. The zero-order chi connectivity index (χ0) is 10.5. The number of nitrogens with one attached hydrogen (secondary N) is 1. The van der Waals surface area contributed by atoms with Crippen molar-refractivity contribution in [1.29, 1.82) is 0 Å². The quantitative estimate of drug-likeness (QED) is 0.763. The molecular formula is C11H16N2O2. The van der Waals surface area contributed by atoms with Crippen LogP contribution in [0, 0.1) is 0 Å². The van der Waals surface area contributed by atoms with Gasteiger partial charge in [-0.05, 0) is 18.2 Å². The summed E-state index contributed by atoms with van der Waals surface area (Å²) in [7, 11) is 1.61. The van der Waals surface area contributed by atoms with Crippen molar-refractivity contribution in [2.75, 3.05) is 43.8 Å². The van der Waals surface area contributed by atoms with Crippen molar-refractivity contribution >= 4 is 11.4 Å². The van der Waals surface area contributed by atoms with E-state index >= 15 is 0 Å². The normalized spacial score (nSPS) is 16.5. The second-order valence-electron chi connectivity index (χ2n) is 3.46. The summed E-state index contributed by atoms with van der Waals surface area (Å²) in [6, 6.07) is 8.18. The molecule has 1 aliphatic rings. The number of hydrogen-bond donors (Lipinski definition) is 1. The number of ether oxygens (including phenoxy) is 1. The van der Waals surface area contributed by atoms with Crippen LogP contribution in [-0.4, -0.2) is 33.4 Å². The van der Waals surface area contributed by atoms with Crippen LogP contribution in [0.5, 0.6) is 0 Å². The highest BCUT2D eigenvalue weighted by atomic mass is 16.6. The van der Waals surface area contributed by atoms with Crippen molar-refractivity contribution in [3.8, 4) is 0 Å². The predicted molar refractivity (Wildman–Crippen MR) is 60.1 cm³/mol. The molecule has 1 aliphatic heterocycles. The molecule has 1 N–H and O–H groups in total. The summed E-state index contributed by atoms with van der Waals surface area (Å²) < 4.78 is 5.32. The summed E-state index contributed by atoms with van der Waals surface area (Å²) in [4.78, 5) is 7.19. The fraction of sp³-hybridized carbons (Fsp3) is 0.455. The SMILES string of the molecule is CONc1cccc(N2CCOCC2)c1. The molecule has 0 spiro atoms. The smallest absolute Gasteiger partial charge is 0.0642 e. The number of benzene rings is 1. The Morgan fingerprint density at radius 3 is 2.87 bits per heavy atom. The maximum absolute atomic E-state index is 5.32. The van der Waals surface area contributed by atoms with E-state index in [0.717, 1.165) is 32.0 Å². The van der Waals surface area contributed by atoms with E-state index in [1.165, 1.54) is 5.69 Å². The van der Waals surface area contributed by atoms with Gasteiger partial charge in [-0.15, -0.1) is 0 Å². The molecule has 0 radical (unpaired) electrons. The Morgan fingerprint density at radius 1 is 1.33 bits per heavy atom. The van der Waals surface area contributed by atoms with Crippen LogP contribution in [0.15, 0.2) is 24.3 Å². The Labute approximate surface area is 89.7 Å². The summed E-state index contributed by atoms with van der Waals surface area (Å²) in [6.07, 6.45) is 0. The molecule has 15 heavy (non-hydrogen) atoms. The van der Waals surface area contributed by atoms with Gasteiger partial charge in [-0.1, -0.05) is 6.07 Å². The zero-order valence-electron chi connectivity index (χ0n) is 8.90. The molecule has 1 aromatic rings. The summed E-state index contributed by atoms with van der Waals surface area (Å²) >= 11 is 0. The van der Waals surface area contributed by atoms with Crippen LogP contribution in [0.25, 0.3) is 0 Å². The molecule has 1 fully saturated rings. The average molecular weight is 208 g/mol. The Bertz CT molecular complexity index is 311. The fourth-order valence-corrected chi connectivity index (χ4v) is 1.71. The maximum Gasteiger partial charge on any atom is 0.0642 e. The molecule has 82 valence electrons. The minimum absolute atomic E-state index is 0.807. The standard InChI is InChI=1S/C11H16N2O2/c1-14-12-10-3-2-4-11(9-10)13-5-7-15-8-6-13/h2-4,9,12H,5-8H2,1H3. The first-order valence-corrected chi connectivity index (χ1v) is 5.12. The van der Waals surface area contributed by atoms with E-state index in [1.54, 1.807) is 7.11 Å². The molecule has 0 atom stereocenters. The third kappa shape index (κ3) is 2.61. The van der Waals surface area contributed by atoms with E-state index in [0.29, 0.717) is 0 Å². The molecule has 4 heteroatoms. The monoisotopic (exact) mass is 208 g/mol. The Kier molecular flexibility index (Phi) is 3.42. The lowest BCUT2D eigenvalue weighted by atomic mass is 10.2. The van der Waals surface area contributed by atoms with Crippen molar-refractivity contribution in [2.45, 2.75) is 0 Å². The van der Waals surface area contributed by atoms with Gasteiger partial charge in [-0.3, -0.25) is 10.3 Å². The fourth-order valence-electron chi connectivity index (χ4n) is 1.71. The lowest BCUT2D eigenvalue weighted by Gasteiger charge is -2.29. The molecule has 0 aromatic heterocycles. The molecule has 4 nitrogen and oxygen atoms in total. The molecule has 0 amide bonds. The van der Waals surface area contributed by atoms with Gasteiger partial charge in [0.15, 0.2) is 0 Å². The van der Waals surface area contributed by atoms with Crippen LogP contribution in [0.1, 0.15) is 0 Å². The lowest BCUT2D eigenvalue weighted by molar-refractivity contribution is 0.122. The number of morpholine rings is 1. The second kappa shape index (κ2) is 5.00. The lowest BCUT2D eigenvalue weighted by Crippen LogP contribution is -2.36. The molecule has 2 rings (SSSR count). The van der Waals surface area contributed by atoms with Crippen molar-refractivity contribution in [2.24, 2.45) is 0 Å². The van der Waals surface area contributed by atoms with Crippen molar-refractivity contribution < 1.29 is 9.57 Å². The second-order valence-corrected chi connectivity index (χ2v) is 3.46. The van der Waals surface area contributed by atoms with Crippen LogP contribution >= 0.6 is 0 Å². The number of rotatable bonds is 3. The van der Waals surface area contributed by atoms with Gasteiger partial charge >= 0.3 is 0 Å². The van der Waals surface area contributed by atoms with E-state index < -0.39 is 0 Å². The first-order chi connectivity index (χ1) is 7.40. The van der Waals surface area contributed by atoms with E-state index in [1.807, 2.05) is 12.1 Å². The highest BCUT2D eigenvalue weighted by molar-refractivity contribution is 5.57. The Hall–Kier alpha value is -1.26. The van der Waals surface area contributed by atoms with Crippen LogP contribution in [-0.2, 0) is 9.57 Å². The van der Waals surface area contributed by atoms with Crippen LogP contribution < -0.4 is 10.4 Å². The van der Waals surface area contributed by atoms with Gasteiger partial charge in [-0.2, -0.15) is 0 Å². The van der Waals surface area contributed by atoms with Gasteiger partial charge < -0.3 is 9.64 Å². The molecule has 0 aliphatic carbocycles. The summed E-state index contributed by atoms with van der Waals surface area (Å²) in [5.74, 6) is 0. The van der Waals surface area contributed by atoms with Gasteiger partial charge in [0.1, 0.15) is 0 Å². The highest BCUT2D eigenvalue weighted by Gasteiger charge is 2.10. The first-order valence-electron chi connectivity index (χ1n) is 5.12. The van der Waals surface area contributed by atoms with Crippen LogP contribution in [0.4, 0.5) is 11.4 Å². The van der Waals surface area contributed by atoms with Crippen LogP contribution in [0.3, 0.4) is 0 Å². The van der Waals surface area contributed by atoms with Gasteiger partial charge in [0.2, 0.25) is 0 Å². The third-order valence-electron chi connectivity index (χ3n) is 2.44. The van der Waals surface area contributed by atoms with E-state index in [-0.39, 0.29) is 0 Å². The molecule has 0 bridgehead atoms. The van der Waals surface area contributed by atoms with Crippen molar-refractivity contribution in [3.63, 3.8) is 0 Å². The summed E-state index contributed by atoms with van der Waals surface area (Å²) in [5, 5.41) is 0. The number of nitrogens with zero attached hydrogens (tertiary/aromatic N) is 1. The van der Waals surface area contributed by atoms with E-state index in [2.05, 4.69) is 22.5 Å². The largest absolute Gasteiger partial charge is 0.378 e. The van der Waals surface area contributed by atoms with E-state index in [9.17, 15) is 0 Å². The van der Waals surface area contributed by atoms with Crippen molar-refractivity contribution in [1.82, 2.24) is 0 Å². The molecular weight excluding hydrogens is 192 g/mol. The number of hydrogen-bond acceptors (Lipinski definition) is 4. The van der Waals surface area contributed by atoms with E-state index in [4.69, 9.17) is 9.57 Å². The zero-order valence-corrected chi connectivity index (χ0v) is 8.90. The summed E-state index contributed by atoms with van der Waals surface area (Å²) in [6.45, 7) is 3.52. The first kappa shape index (κ1) is 10.3. The highest BCUT2D eigenvalue weighted by Crippen LogP contribution is 2.20. The average Bonchev–Trinajstić information content (AvgIpc) is 2.31. The Morgan fingerprint density at radius 2 is 2.13 bits per heavy atom. The topological polar surface area (TPSA) is 33.7 Å². The molecule has 1 heterocycles. The van der Waals surface area contributed by atoms with Crippen molar-refractivity contribution in [3.05, 3.63) is 24.3 Å².